The first-order valence-electron chi connectivity index (χ1n) is 12.3. The summed E-state index contributed by atoms with van der Waals surface area (Å²) in [7, 11) is 0. The van der Waals surface area contributed by atoms with Crippen LogP contribution in [-0.2, 0) is 22.1 Å². The van der Waals surface area contributed by atoms with Crippen molar-refractivity contribution in [3.05, 3.63) is 46.5 Å². The van der Waals surface area contributed by atoms with Crippen LogP contribution in [0.4, 0.5) is 23.2 Å². The highest BCUT2D eigenvalue weighted by atomic mass is 19.4. The van der Waals surface area contributed by atoms with Crippen LogP contribution in [0.2, 0.25) is 0 Å². The van der Waals surface area contributed by atoms with Gasteiger partial charge in [0.2, 0.25) is 0 Å². The fraction of sp³-hybridized carbons (Fsp3) is 0.500. The Hall–Kier alpha value is -3.41. The lowest BCUT2D eigenvalue weighted by atomic mass is 9.75. The molecule has 4 rings (SSSR count). The third-order valence-electron chi connectivity index (χ3n) is 7.07. The predicted molar refractivity (Wildman–Crippen MR) is 130 cm³/mol. The fourth-order valence-corrected chi connectivity index (χ4v) is 5.39. The van der Waals surface area contributed by atoms with E-state index in [4.69, 9.17) is 16.2 Å². The Bertz CT molecular complexity index is 1280. The molecule has 0 bridgehead atoms. The number of nitrogens with zero attached hydrogens (tertiary/aromatic N) is 1. The van der Waals surface area contributed by atoms with Crippen molar-refractivity contribution in [3.63, 3.8) is 0 Å². The Kier molecular flexibility index (Phi) is 7.30. The first-order valence-corrected chi connectivity index (χ1v) is 12.3. The van der Waals surface area contributed by atoms with Gasteiger partial charge >= 0.3 is 12.1 Å². The largest absolute Gasteiger partial charge is 0.461 e. The van der Waals surface area contributed by atoms with Crippen molar-refractivity contribution in [1.29, 1.82) is 0 Å². The highest BCUT2D eigenvalue weighted by Gasteiger charge is 2.43. The molecule has 1 saturated carbocycles. The van der Waals surface area contributed by atoms with Crippen LogP contribution in [0.1, 0.15) is 77.9 Å². The van der Waals surface area contributed by atoms with Gasteiger partial charge in [-0.15, -0.1) is 0 Å². The predicted octanol–water partition coefficient (Wildman–Crippen LogP) is 4.11. The number of nitrogens with one attached hydrogen (secondary N) is 1. The first kappa shape index (κ1) is 27.6. The number of esters is 1. The summed E-state index contributed by atoms with van der Waals surface area (Å²) < 4.78 is 63.3. The normalized spacial score (nSPS) is 21.1. The molecule has 1 heterocycles. The summed E-state index contributed by atoms with van der Waals surface area (Å²) in [5.41, 5.74) is 8.42. The number of ketones is 1. The minimum atomic E-state index is -4.79. The van der Waals surface area contributed by atoms with E-state index in [9.17, 15) is 27.6 Å². The molecular formula is C26H30F4N4O4. The molecule has 1 aromatic carbocycles. The van der Waals surface area contributed by atoms with Crippen LogP contribution in [0, 0.1) is 11.2 Å². The Labute approximate surface area is 216 Å². The van der Waals surface area contributed by atoms with E-state index in [0.29, 0.717) is 25.7 Å². The summed E-state index contributed by atoms with van der Waals surface area (Å²) >= 11 is 0. The Morgan fingerprint density at radius 3 is 2.39 bits per heavy atom. The van der Waals surface area contributed by atoms with Gasteiger partial charge in [-0.2, -0.15) is 13.2 Å². The monoisotopic (exact) mass is 538 g/mol. The van der Waals surface area contributed by atoms with Crippen molar-refractivity contribution in [1.82, 2.24) is 4.57 Å². The van der Waals surface area contributed by atoms with Gasteiger partial charge in [0, 0.05) is 24.4 Å². The minimum absolute atomic E-state index is 0.0258. The number of ether oxygens (including phenoxy) is 1. The number of anilines is 1. The average Bonchev–Trinajstić information content (AvgIpc) is 3.19. The number of primary amides is 1. The third-order valence-corrected chi connectivity index (χ3v) is 7.07. The van der Waals surface area contributed by atoms with E-state index in [0.717, 1.165) is 12.3 Å². The molecule has 0 unspecified atom stereocenters. The number of carbonyl (C=O) groups is 3. The van der Waals surface area contributed by atoms with Gasteiger partial charge in [0.05, 0.1) is 34.6 Å². The topological polar surface area (TPSA) is 129 Å². The number of alkyl halides is 3. The fourth-order valence-electron chi connectivity index (χ4n) is 5.39. The van der Waals surface area contributed by atoms with Crippen molar-refractivity contribution < 1.29 is 36.7 Å². The zero-order chi connectivity index (χ0) is 28.0. The molecule has 8 nitrogen and oxygen atoms in total. The molecule has 206 valence electrons. The van der Waals surface area contributed by atoms with Gasteiger partial charge in [0.25, 0.3) is 5.91 Å². The van der Waals surface area contributed by atoms with Gasteiger partial charge < -0.3 is 26.1 Å². The molecule has 2 aromatic rings. The van der Waals surface area contributed by atoms with Crippen LogP contribution in [-0.4, -0.2) is 40.9 Å². The standard InChI is InChI=1S/C26H30F4N4O4/c1-25(2)9-19-22(20(35)10-25)16(26(28,29)30)12-34(19)14-7-17(27)23(24(32)37)18(8-14)33-13-3-5-15(6-4-13)38-21(36)11-31/h7-8,12-13,15,33H,3-6,9-11,31H2,1-2H3,(H2,32,37). The number of Topliss-reactive ketones (excluding diaryl/α,β-unsaturated/α-hetero) is 1. The molecule has 2 aliphatic rings. The van der Waals surface area contributed by atoms with Crippen molar-refractivity contribution in [2.24, 2.45) is 16.9 Å². The lowest BCUT2D eigenvalue weighted by molar-refractivity contribution is -0.148. The number of aromatic nitrogens is 1. The number of hydrogen-bond donors (Lipinski definition) is 3. The lowest BCUT2D eigenvalue weighted by Gasteiger charge is -2.31. The number of fused-ring (bicyclic) bond motifs is 1. The van der Waals surface area contributed by atoms with Crippen molar-refractivity contribution >= 4 is 23.3 Å². The number of rotatable bonds is 6. The van der Waals surface area contributed by atoms with Gasteiger partial charge in [-0.25, -0.2) is 4.39 Å². The number of halogens is 4. The Morgan fingerprint density at radius 1 is 1.16 bits per heavy atom. The molecule has 0 saturated heterocycles. The summed E-state index contributed by atoms with van der Waals surface area (Å²) in [4.78, 5) is 36.3. The molecular weight excluding hydrogens is 508 g/mol. The maximum absolute atomic E-state index is 15.2. The molecule has 0 aliphatic heterocycles. The number of carbonyl (C=O) groups excluding carboxylic acids is 3. The molecule has 1 amide bonds. The van der Waals surface area contributed by atoms with E-state index in [-0.39, 0.29) is 48.6 Å². The second-order valence-electron chi connectivity index (χ2n) is 10.7. The second-order valence-corrected chi connectivity index (χ2v) is 10.7. The van der Waals surface area contributed by atoms with E-state index in [1.807, 2.05) is 0 Å². The minimum Gasteiger partial charge on any atom is -0.461 e. The molecule has 0 atom stereocenters. The summed E-state index contributed by atoms with van der Waals surface area (Å²) in [6.07, 6.45) is -2.11. The number of benzene rings is 1. The van der Waals surface area contributed by atoms with E-state index in [2.05, 4.69) is 5.32 Å². The van der Waals surface area contributed by atoms with Crippen molar-refractivity contribution in [3.8, 4) is 5.69 Å². The van der Waals surface area contributed by atoms with Crippen LogP contribution >= 0.6 is 0 Å². The summed E-state index contributed by atoms with van der Waals surface area (Å²) in [5.74, 6) is -3.17. The maximum Gasteiger partial charge on any atom is 0.418 e. The van der Waals surface area contributed by atoms with Crippen LogP contribution < -0.4 is 16.8 Å². The zero-order valence-corrected chi connectivity index (χ0v) is 21.1. The van der Waals surface area contributed by atoms with Gasteiger partial charge in [0.15, 0.2) is 5.78 Å². The summed E-state index contributed by atoms with van der Waals surface area (Å²) in [6.45, 7) is 3.33. The smallest absolute Gasteiger partial charge is 0.418 e. The average molecular weight is 539 g/mol. The van der Waals surface area contributed by atoms with Gasteiger partial charge in [-0.1, -0.05) is 13.8 Å². The first-order chi connectivity index (χ1) is 17.7. The molecule has 1 fully saturated rings. The molecule has 2 aliphatic carbocycles. The third kappa shape index (κ3) is 5.54. The second kappa shape index (κ2) is 10.0. The van der Waals surface area contributed by atoms with Crippen LogP contribution in [0.15, 0.2) is 18.3 Å². The van der Waals surface area contributed by atoms with E-state index in [1.54, 1.807) is 13.8 Å². The number of nitrogens with two attached hydrogens (primary N) is 2. The van der Waals surface area contributed by atoms with Crippen LogP contribution in [0.3, 0.4) is 0 Å². The van der Waals surface area contributed by atoms with Crippen molar-refractivity contribution in [2.75, 3.05) is 11.9 Å². The van der Waals surface area contributed by atoms with Gasteiger partial charge in [-0.3, -0.25) is 14.4 Å². The van der Waals surface area contributed by atoms with E-state index < -0.39 is 51.8 Å². The number of amides is 1. The summed E-state index contributed by atoms with van der Waals surface area (Å²) in [5, 5.41) is 3.10. The molecule has 12 heteroatoms. The van der Waals surface area contributed by atoms with E-state index >= 15 is 4.39 Å². The van der Waals surface area contributed by atoms with E-state index in [1.165, 1.54) is 10.6 Å². The Balaban J connectivity index is 1.72. The highest BCUT2D eigenvalue weighted by Crippen LogP contribution is 2.43. The SMILES string of the molecule is CC1(C)CC(=O)c2c(C(F)(F)F)cn(-c3cc(F)c(C(N)=O)c(NC4CCC(OC(=O)CN)CC4)c3)c2C1. The van der Waals surface area contributed by atoms with Gasteiger partial charge in [0.1, 0.15) is 11.9 Å². The molecule has 1 aromatic heterocycles. The summed E-state index contributed by atoms with van der Waals surface area (Å²) in [6, 6.07) is 2.08. The zero-order valence-electron chi connectivity index (χ0n) is 21.1. The lowest BCUT2D eigenvalue weighted by Crippen LogP contribution is -2.33. The quantitative estimate of drug-likeness (QED) is 0.375. The Morgan fingerprint density at radius 2 is 1.82 bits per heavy atom. The number of hydrogen-bond acceptors (Lipinski definition) is 6. The molecule has 0 radical (unpaired) electrons. The van der Waals surface area contributed by atoms with Crippen molar-refractivity contribution in [2.45, 2.75) is 70.7 Å². The molecule has 5 N–H and O–H groups in total. The van der Waals surface area contributed by atoms with Crippen LogP contribution in [0.5, 0.6) is 0 Å². The van der Waals surface area contributed by atoms with Crippen LogP contribution in [0.25, 0.3) is 5.69 Å². The van der Waals surface area contributed by atoms with Gasteiger partial charge in [-0.05, 0) is 49.7 Å². The molecule has 0 spiro atoms. The highest BCUT2D eigenvalue weighted by molar-refractivity contribution is 6.01. The molecule has 38 heavy (non-hydrogen) atoms. The maximum atomic E-state index is 15.2.